The average molecular weight is 238 g/mol. The molecule has 0 saturated carbocycles. The predicted octanol–water partition coefficient (Wildman–Crippen LogP) is 1.59. The van der Waals surface area contributed by atoms with Gasteiger partial charge >= 0.3 is 5.97 Å². The number of aliphatic carboxylic acids is 1. The second kappa shape index (κ2) is 4.39. The number of nitrogens with one attached hydrogen (secondary N) is 1. The summed E-state index contributed by atoms with van der Waals surface area (Å²) < 4.78 is 24.4. The van der Waals surface area contributed by atoms with Crippen molar-refractivity contribution in [2.24, 2.45) is 0 Å². The van der Waals surface area contributed by atoms with Crippen molar-refractivity contribution in [3.8, 4) is 0 Å². The van der Waals surface area contributed by atoms with Crippen LogP contribution in [0.2, 0.25) is 5.02 Å². The molecule has 1 heterocycles. The van der Waals surface area contributed by atoms with E-state index in [-0.39, 0.29) is 10.7 Å². The Labute approximate surface area is 87.5 Å². The summed E-state index contributed by atoms with van der Waals surface area (Å²) in [5.74, 6) is -1.21. The van der Waals surface area contributed by atoms with Crippen LogP contribution in [0.5, 0.6) is 0 Å². The smallest absolute Gasteiger partial charge is 0.309 e. The first-order chi connectivity index (χ1) is 6.91. The predicted molar refractivity (Wildman–Crippen MR) is 48.4 cm³/mol. The number of pyridine rings is 1. The number of carbonyl (C=O) groups is 1. The molecule has 0 aliphatic carbocycles. The van der Waals surface area contributed by atoms with Gasteiger partial charge in [0.05, 0.1) is 17.0 Å². The Kier molecular flexibility index (Phi) is 3.41. The summed E-state index contributed by atoms with van der Waals surface area (Å²) >= 11 is 5.52. The second-order valence-electron chi connectivity index (χ2n) is 2.75. The van der Waals surface area contributed by atoms with Crippen molar-refractivity contribution in [3.05, 3.63) is 32.7 Å². The molecular weight excluding hydrogens is 232 g/mol. The maximum Gasteiger partial charge on any atom is 0.309 e. The van der Waals surface area contributed by atoms with Crippen molar-refractivity contribution in [1.82, 2.24) is 4.98 Å². The van der Waals surface area contributed by atoms with E-state index in [1.165, 1.54) is 0 Å². The Hall–Kier alpha value is -1.43. The molecule has 1 aromatic rings. The van der Waals surface area contributed by atoms with Crippen LogP contribution in [0.3, 0.4) is 0 Å². The maximum absolute atomic E-state index is 12.2. The van der Waals surface area contributed by atoms with E-state index in [1.807, 2.05) is 4.98 Å². The van der Waals surface area contributed by atoms with Gasteiger partial charge in [-0.15, -0.1) is 0 Å². The van der Waals surface area contributed by atoms with E-state index in [9.17, 15) is 18.4 Å². The molecule has 0 aliphatic heterocycles. The molecule has 0 radical (unpaired) electrons. The minimum atomic E-state index is -2.94. The van der Waals surface area contributed by atoms with Crippen molar-refractivity contribution >= 4 is 17.6 Å². The summed E-state index contributed by atoms with van der Waals surface area (Å²) in [6, 6.07) is 0.781. The van der Waals surface area contributed by atoms with Crippen molar-refractivity contribution in [2.45, 2.75) is 12.8 Å². The van der Waals surface area contributed by atoms with Crippen molar-refractivity contribution < 1.29 is 18.7 Å². The molecule has 0 aromatic carbocycles. The topological polar surface area (TPSA) is 70.2 Å². The number of hydrogen-bond acceptors (Lipinski definition) is 2. The monoisotopic (exact) mass is 237 g/mol. The van der Waals surface area contributed by atoms with Crippen LogP contribution in [0.1, 0.15) is 17.7 Å². The zero-order valence-electron chi connectivity index (χ0n) is 7.26. The Morgan fingerprint density at radius 1 is 1.60 bits per heavy atom. The van der Waals surface area contributed by atoms with Crippen molar-refractivity contribution in [2.75, 3.05) is 0 Å². The Morgan fingerprint density at radius 3 is 2.67 bits per heavy atom. The van der Waals surface area contributed by atoms with E-state index in [2.05, 4.69) is 0 Å². The molecule has 1 rings (SSSR count). The van der Waals surface area contributed by atoms with Crippen molar-refractivity contribution in [1.29, 1.82) is 0 Å². The second-order valence-corrected chi connectivity index (χ2v) is 3.16. The first-order valence-electron chi connectivity index (χ1n) is 3.83. The van der Waals surface area contributed by atoms with Crippen LogP contribution in [0, 0.1) is 0 Å². The molecular formula is C8H6ClF2NO3. The van der Waals surface area contributed by atoms with E-state index >= 15 is 0 Å². The van der Waals surface area contributed by atoms with Gasteiger partial charge in [0.2, 0.25) is 0 Å². The van der Waals surface area contributed by atoms with Gasteiger partial charge in [0.15, 0.2) is 0 Å². The van der Waals surface area contributed by atoms with Gasteiger partial charge in [0.25, 0.3) is 12.0 Å². The van der Waals surface area contributed by atoms with Gasteiger partial charge in [-0.3, -0.25) is 9.59 Å². The van der Waals surface area contributed by atoms with Crippen LogP contribution >= 0.6 is 11.6 Å². The van der Waals surface area contributed by atoms with Crippen molar-refractivity contribution in [3.63, 3.8) is 0 Å². The number of halogens is 3. The third kappa shape index (κ3) is 2.76. The molecule has 0 fully saturated rings. The Bertz CT molecular complexity index is 444. The van der Waals surface area contributed by atoms with E-state index < -0.39 is 29.9 Å². The zero-order valence-corrected chi connectivity index (χ0v) is 8.02. The fourth-order valence-corrected chi connectivity index (χ4v) is 1.23. The molecule has 1 aromatic heterocycles. The van der Waals surface area contributed by atoms with Crippen LogP contribution in [0.15, 0.2) is 10.9 Å². The first-order valence-corrected chi connectivity index (χ1v) is 4.21. The highest BCUT2D eigenvalue weighted by Crippen LogP contribution is 2.20. The minimum Gasteiger partial charge on any atom is -0.481 e. The van der Waals surface area contributed by atoms with Gasteiger partial charge in [-0.05, 0) is 6.07 Å². The number of hydrogen-bond donors (Lipinski definition) is 2. The van der Waals surface area contributed by atoms with Crippen LogP contribution in [0.25, 0.3) is 0 Å². The highest BCUT2D eigenvalue weighted by molar-refractivity contribution is 6.31. The number of carboxylic acid groups (broad SMARTS) is 1. The summed E-state index contributed by atoms with van der Waals surface area (Å²) in [6.45, 7) is 0. The lowest BCUT2D eigenvalue weighted by atomic mass is 10.2. The number of rotatable bonds is 3. The number of alkyl halides is 2. The molecule has 2 N–H and O–H groups in total. The fourth-order valence-electron chi connectivity index (χ4n) is 1.00. The molecule has 0 spiro atoms. The van der Waals surface area contributed by atoms with E-state index in [0.717, 1.165) is 6.07 Å². The highest BCUT2D eigenvalue weighted by Gasteiger charge is 2.16. The first kappa shape index (κ1) is 11.6. The summed E-state index contributed by atoms with van der Waals surface area (Å²) in [5.41, 5.74) is -1.88. The molecule has 0 atom stereocenters. The van der Waals surface area contributed by atoms with Gasteiger partial charge in [0, 0.05) is 5.69 Å². The number of H-pyrrole nitrogens is 1. The molecule has 0 amide bonds. The minimum absolute atomic E-state index is 0.0847. The Morgan fingerprint density at radius 2 is 2.20 bits per heavy atom. The summed E-state index contributed by atoms with van der Waals surface area (Å²) in [7, 11) is 0. The van der Waals surface area contributed by atoms with E-state index in [0.29, 0.717) is 0 Å². The van der Waals surface area contributed by atoms with Gasteiger partial charge in [-0.1, -0.05) is 11.6 Å². The van der Waals surface area contributed by atoms with E-state index in [1.54, 1.807) is 0 Å². The van der Waals surface area contributed by atoms with Gasteiger partial charge in [0.1, 0.15) is 0 Å². The molecule has 0 unspecified atom stereocenters. The summed E-state index contributed by atoms with van der Waals surface area (Å²) in [4.78, 5) is 23.4. The Balaban J connectivity index is 3.20. The highest BCUT2D eigenvalue weighted by atomic mass is 35.5. The van der Waals surface area contributed by atoms with Gasteiger partial charge < -0.3 is 10.1 Å². The number of aromatic amines is 1. The third-order valence-electron chi connectivity index (χ3n) is 1.66. The molecule has 0 bridgehead atoms. The van der Waals surface area contributed by atoms with Gasteiger partial charge in [-0.2, -0.15) is 0 Å². The van der Waals surface area contributed by atoms with E-state index in [4.69, 9.17) is 16.7 Å². The van der Waals surface area contributed by atoms with Crippen LogP contribution in [-0.4, -0.2) is 16.1 Å². The molecule has 7 heteroatoms. The third-order valence-corrected chi connectivity index (χ3v) is 2.00. The fraction of sp³-hybridized carbons (Fsp3) is 0.250. The summed E-state index contributed by atoms with van der Waals surface area (Å²) in [6.07, 6.45) is -3.46. The van der Waals surface area contributed by atoms with Crippen LogP contribution in [0.4, 0.5) is 8.78 Å². The molecule has 4 nitrogen and oxygen atoms in total. The quantitative estimate of drug-likeness (QED) is 0.839. The molecule has 0 aliphatic rings. The molecule has 82 valence electrons. The lowest BCUT2D eigenvalue weighted by Gasteiger charge is -2.03. The lowest BCUT2D eigenvalue weighted by Crippen LogP contribution is -2.17. The zero-order chi connectivity index (χ0) is 11.6. The average Bonchev–Trinajstić information content (AvgIpc) is 2.09. The normalized spacial score (nSPS) is 10.7. The molecule has 15 heavy (non-hydrogen) atoms. The number of aromatic nitrogens is 1. The number of carboxylic acids is 1. The van der Waals surface area contributed by atoms with Crippen LogP contribution < -0.4 is 5.56 Å². The van der Waals surface area contributed by atoms with Gasteiger partial charge in [-0.25, -0.2) is 8.78 Å². The SMILES string of the molecule is O=C(O)Cc1[nH]c(=O)c(C(F)F)cc1Cl. The molecule has 0 saturated heterocycles. The van der Waals surface area contributed by atoms with Crippen LogP contribution in [-0.2, 0) is 11.2 Å². The maximum atomic E-state index is 12.2. The summed E-state index contributed by atoms with van der Waals surface area (Å²) in [5, 5.41) is 8.24. The standard InChI is InChI=1S/C8H6ClF2NO3/c9-4-1-3(7(10)11)8(15)12-5(4)2-6(13)14/h1,7H,2H2,(H,12,15)(H,13,14). The largest absolute Gasteiger partial charge is 0.481 e. The lowest BCUT2D eigenvalue weighted by molar-refractivity contribution is -0.136.